The Balaban J connectivity index is 0.000000720. The fourth-order valence-electron chi connectivity index (χ4n) is 2.00. The third-order valence-electron chi connectivity index (χ3n) is 2.62. The predicted molar refractivity (Wildman–Crippen MR) is 38.8 cm³/mol. The quantitative estimate of drug-likeness (QED) is 0.336. The van der Waals surface area contributed by atoms with Crippen molar-refractivity contribution in [1.82, 2.24) is 0 Å². The first-order valence-corrected chi connectivity index (χ1v) is 4.08. The van der Waals surface area contributed by atoms with Gasteiger partial charge in [0.15, 0.2) is 0 Å². The Labute approximate surface area is 114 Å². The Kier molecular flexibility index (Phi) is 3.91. The molecule has 4 heteroatoms. The molecule has 0 spiro atoms. The van der Waals surface area contributed by atoms with Gasteiger partial charge in [0.25, 0.3) is 0 Å². The van der Waals surface area contributed by atoms with Crippen LogP contribution in [-0.4, -0.2) is 11.8 Å². The molecule has 12 heavy (non-hydrogen) atoms. The molecule has 60 valence electrons. The summed E-state index contributed by atoms with van der Waals surface area (Å²) in [6, 6.07) is 0. The third-order valence-corrected chi connectivity index (χ3v) is 2.62. The number of carbonyl (C=O) groups is 2. The molecule has 2 amide bonds. The van der Waals surface area contributed by atoms with Gasteiger partial charge in [0.2, 0.25) is 0 Å². The van der Waals surface area contributed by atoms with Crippen molar-refractivity contribution >= 4 is 11.8 Å². The zero-order valence-corrected chi connectivity index (χ0v) is 10.4. The predicted octanol–water partition coefficient (Wildman–Crippen LogP) is -1.76. The van der Waals surface area contributed by atoms with Crippen molar-refractivity contribution in [2.45, 2.75) is 25.7 Å². The van der Waals surface area contributed by atoms with Crippen LogP contribution < -0.4 is 51.4 Å². The van der Waals surface area contributed by atoms with Crippen molar-refractivity contribution in [2.75, 3.05) is 0 Å². The molecule has 1 heterocycles. The van der Waals surface area contributed by atoms with Crippen LogP contribution in [0.2, 0.25) is 0 Å². The van der Waals surface area contributed by atoms with Crippen LogP contribution in [0.15, 0.2) is 0 Å². The van der Waals surface area contributed by atoms with E-state index in [1.165, 1.54) is 0 Å². The Morgan fingerprint density at radius 1 is 1.00 bits per heavy atom. The van der Waals surface area contributed by atoms with Crippen LogP contribution in [0.3, 0.4) is 0 Å². The minimum Gasteiger partial charge on any atom is -0.595 e. The van der Waals surface area contributed by atoms with Gasteiger partial charge in [-0.1, -0.05) is 12.8 Å². The molecule has 2 atom stereocenters. The van der Waals surface area contributed by atoms with Gasteiger partial charge in [-0.25, -0.2) is 0 Å². The molecule has 2 unspecified atom stereocenters. The Morgan fingerprint density at radius 3 is 1.83 bits per heavy atom. The van der Waals surface area contributed by atoms with Crippen LogP contribution in [0.1, 0.15) is 25.7 Å². The fourth-order valence-corrected chi connectivity index (χ4v) is 2.00. The Hall–Kier alpha value is 0.776. The molecule has 0 N–H and O–H groups in total. The molecule has 3 nitrogen and oxygen atoms in total. The number of fused-ring (bicyclic) bond motifs is 1. The maximum absolute atomic E-state index is 11.0. The number of rotatable bonds is 0. The van der Waals surface area contributed by atoms with Gasteiger partial charge in [-0.3, -0.25) is 0 Å². The second-order valence-electron chi connectivity index (χ2n) is 3.29. The minimum absolute atomic E-state index is 0. The zero-order chi connectivity index (χ0) is 7.84. The summed E-state index contributed by atoms with van der Waals surface area (Å²) in [5.41, 5.74) is 0. The Bertz CT molecular complexity index is 195. The molecular formula is C8H10KNO2. The number of amides is 2. The van der Waals surface area contributed by atoms with E-state index in [4.69, 9.17) is 0 Å². The zero-order valence-electron chi connectivity index (χ0n) is 7.25. The van der Waals surface area contributed by atoms with E-state index in [1.807, 2.05) is 0 Å². The summed E-state index contributed by atoms with van der Waals surface area (Å²) in [5, 5.41) is 3.46. The monoisotopic (exact) mass is 191 g/mol. The molecule has 1 saturated heterocycles. The van der Waals surface area contributed by atoms with Gasteiger partial charge in [-0.2, -0.15) is 0 Å². The smallest absolute Gasteiger partial charge is 0.595 e. The van der Waals surface area contributed by atoms with Gasteiger partial charge in [-0.05, 0) is 12.8 Å². The molecule has 0 radical (unpaired) electrons. The van der Waals surface area contributed by atoms with Crippen molar-refractivity contribution in [2.24, 2.45) is 11.8 Å². The average molecular weight is 191 g/mol. The fraction of sp³-hybridized carbons (Fsp3) is 0.750. The van der Waals surface area contributed by atoms with Gasteiger partial charge >= 0.3 is 51.4 Å². The molecule has 0 aromatic carbocycles. The molecule has 0 bridgehead atoms. The van der Waals surface area contributed by atoms with E-state index in [-0.39, 0.29) is 75.0 Å². The maximum Gasteiger partial charge on any atom is 1.00 e. The maximum atomic E-state index is 11.0. The van der Waals surface area contributed by atoms with E-state index >= 15 is 0 Å². The topological polar surface area (TPSA) is 48.2 Å². The average Bonchev–Trinajstić information content (AvgIpc) is 2.30. The first-order chi connectivity index (χ1) is 5.29. The van der Waals surface area contributed by atoms with Crippen LogP contribution in [-0.2, 0) is 9.59 Å². The van der Waals surface area contributed by atoms with Crippen molar-refractivity contribution in [3.8, 4) is 0 Å². The first kappa shape index (κ1) is 10.9. The van der Waals surface area contributed by atoms with E-state index in [0.29, 0.717) is 0 Å². The summed E-state index contributed by atoms with van der Waals surface area (Å²) in [6.45, 7) is 0. The molecule has 2 aliphatic rings. The van der Waals surface area contributed by atoms with Gasteiger partial charge in [0, 0.05) is 11.8 Å². The number of carbonyl (C=O) groups excluding carboxylic acids is 2. The molecule has 1 aliphatic carbocycles. The van der Waals surface area contributed by atoms with Crippen molar-refractivity contribution in [3.05, 3.63) is 5.32 Å². The second-order valence-corrected chi connectivity index (χ2v) is 3.29. The number of hydrogen-bond donors (Lipinski definition) is 0. The number of hydrogen-bond acceptors (Lipinski definition) is 2. The summed E-state index contributed by atoms with van der Waals surface area (Å²) >= 11 is 0. The van der Waals surface area contributed by atoms with Crippen molar-refractivity contribution in [3.63, 3.8) is 0 Å². The Morgan fingerprint density at radius 2 is 1.42 bits per heavy atom. The molecule has 1 aliphatic heterocycles. The summed E-state index contributed by atoms with van der Waals surface area (Å²) in [6.07, 6.45) is 3.91. The molecular weight excluding hydrogens is 181 g/mol. The van der Waals surface area contributed by atoms with E-state index in [9.17, 15) is 9.59 Å². The van der Waals surface area contributed by atoms with Crippen LogP contribution in [0.25, 0.3) is 5.32 Å². The molecule has 1 saturated carbocycles. The molecule has 2 rings (SSSR count). The van der Waals surface area contributed by atoms with Crippen LogP contribution >= 0.6 is 0 Å². The summed E-state index contributed by atoms with van der Waals surface area (Å²) in [5.74, 6) is -0.424. The number of nitrogens with zero attached hydrogens (tertiary/aromatic N) is 1. The van der Waals surface area contributed by atoms with E-state index in [2.05, 4.69) is 5.32 Å². The third kappa shape index (κ3) is 1.82. The number of imide groups is 1. The van der Waals surface area contributed by atoms with E-state index < -0.39 is 0 Å². The summed E-state index contributed by atoms with van der Waals surface area (Å²) in [4.78, 5) is 22.1. The largest absolute Gasteiger partial charge is 1.00 e. The standard InChI is InChI=1S/C8H11NO2.K/c10-7-5-3-1-2-4-6(5)8(11)9-7;/h5-6H,1-4H2,(H,9,10,11);/q;+1/p-1. The normalized spacial score (nSPS) is 33.7. The van der Waals surface area contributed by atoms with E-state index in [0.717, 1.165) is 25.7 Å². The van der Waals surface area contributed by atoms with Crippen LogP contribution in [0, 0.1) is 11.8 Å². The van der Waals surface area contributed by atoms with Crippen molar-refractivity contribution in [1.29, 1.82) is 0 Å². The molecule has 0 aromatic rings. The van der Waals surface area contributed by atoms with Crippen molar-refractivity contribution < 1.29 is 61.0 Å². The summed E-state index contributed by atoms with van der Waals surface area (Å²) in [7, 11) is 0. The van der Waals surface area contributed by atoms with Crippen LogP contribution in [0.5, 0.6) is 0 Å². The van der Waals surface area contributed by atoms with E-state index in [1.54, 1.807) is 0 Å². The van der Waals surface area contributed by atoms with Gasteiger partial charge in [0.05, 0.1) is 11.8 Å². The van der Waals surface area contributed by atoms with Gasteiger partial charge in [0.1, 0.15) is 0 Å². The van der Waals surface area contributed by atoms with Gasteiger partial charge < -0.3 is 14.9 Å². The second kappa shape index (κ2) is 4.33. The van der Waals surface area contributed by atoms with Gasteiger partial charge in [-0.15, -0.1) is 0 Å². The molecule has 0 aromatic heterocycles. The minimum atomic E-state index is -0.167. The molecule has 2 fully saturated rings. The first-order valence-electron chi connectivity index (χ1n) is 4.08. The SMILES string of the molecule is O=C1[N-]C(=O)C2CCCCC12.[K+]. The summed E-state index contributed by atoms with van der Waals surface area (Å²) < 4.78 is 0. The van der Waals surface area contributed by atoms with Crippen LogP contribution in [0.4, 0.5) is 0 Å².